The smallest absolute Gasteiger partial charge is 0.241 e. The molecule has 1 aromatic rings. The van der Waals surface area contributed by atoms with Crippen molar-refractivity contribution >= 4 is 34.0 Å². The first-order valence-electron chi connectivity index (χ1n) is 9.02. The van der Waals surface area contributed by atoms with E-state index in [2.05, 4.69) is 11.6 Å². The number of nitrogens with one attached hydrogen (secondary N) is 1. The second kappa shape index (κ2) is 8.25. The fourth-order valence-electron chi connectivity index (χ4n) is 3.96. The fourth-order valence-corrected chi connectivity index (χ4v) is 5.50. The molecule has 3 rings (SSSR count). The minimum Gasteiger partial charge on any atom is -0.329 e. The van der Waals surface area contributed by atoms with Crippen LogP contribution in [0.5, 0.6) is 0 Å². The van der Waals surface area contributed by atoms with Crippen molar-refractivity contribution in [2.24, 2.45) is 11.7 Å². The van der Waals surface area contributed by atoms with E-state index < -0.39 is 15.6 Å². The number of amides is 1. The largest absolute Gasteiger partial charge is 0.329 e. The Morgan fingerprint density at radius 3 is 2.46 bits per heavy atom. The highest BCUT2D eigenvalue weighted by Crippen LogP contribution is 2.34. The van der Waals surface area contributed by atoms with Crippen LogP contribution >= 0.6 is 12.4 Å². The van der Waals surface area contributed by atoms with Gasteiger partial charge < -0.3 is 10.6 Å². The van der Waals surface area contributed by atoms with E-state index in [1.165, 1.54) is 0 Å². The molecule has 0 radical (unpaired) electrons. The molecule has 1 aliphatic carbocycles. The Kier molecular flexibility index (Phi) is 6.71. The van der Waals surface area contributed by atoms with E-state index >= 15 is 0 Å². The number of benzene rings is 1. The van der Waals surface area contributed by atoms with Crippen molar-refractivity contribution in [1.29, 1.82) is 0 Å². The summed E-state index contributed by atoms with van der Waals surface area (Å²) in [6, 6.07) is 6.55. The van der Waals surface area contributed by atoms with Crippen LogP contribution in [-0.2, 0) is 14.8 Å². The SMILES string of the molecule is CC1CCCCC1(CN)NS(=O)(=O)c1ccc(N2CCCC2=O)cc1.Cl. The van der Waals surface area contributed by atoms with Crippen molar-refractivity contribution in [3.05, 3.63) is 24.3 Å². The highest BCUT2D eigenvalue weighted by Gasteiger charge is 2.40. The lowest BCUT2D eigenvalue weighted by Crippen LogP contribution is -2.58. The van der Waals surface area contributed by atoms with Gasteiger partial charge in [0.1, 0.15) is 0 Å². The van der Waals surface area contributed by atoms with Crippen LogP contribution in [0.4, 0.5) is 5.69 Å². The zero-order chi connectivity index (χ0) is 18.1. The van der Waals surface area contributed by atoms with Gasteiger partial charge in [0.15, 0.2) is 0 Å². The summed E-state index contributed by atoms with van der Waals surface area (Å²) in [5.41, 5.74) is 6.15. The lowest BCUT2D eigenvalue weighted by Gasteiger charge is -2.42. The molecule has 1 saturated carbocycles. The van der Waals surface area contributed by atoms with Crippen molar-refractivity contribution in [2.75, 3.05) is 18.0 Å². The summed E-state index contributed by atoms with van der Waals surface area (Å²) in [4.78, 5) is 13.7. The summed E-state index contributed by atoms with van der Waals surface area (Å²) in [5.74, 6) is 0.300. The van der Waals surface area contributed by atoms with E-state index in [1.54, 1.807) is 29.2 Å². The van der Waals surface area contributed by atoms with Crippen molar-refractivity contribution in [3.8, 4) is 0 Å². The van der Waals surface area contributed by atoms with Gasteiger partial charge in [-0.25, -0.2) is 13.1 Å². The minimum absolute atomic E-state index is 0. The first-order valence-corrected chi connectivity index (χ1v) is 10.5. The Balaban J connectivity index is 0.00000243. The molecule has 1 heterocycles. The molecule has 1 aliphatic heterocycles. The molecule has 8 heteroatoms. The highest BCUT2D eigenvalue weighted by atomic mass is 35.5. The van der Waals surface area contributed by atoms with Crippen LogP contribution in [0.1, 0.15) is 45.4 Å². The van der Waals surface area contributed by atoms with Crippen LogP contribution in [0.15, 0.2) is 29.2 Å². The van der Waals surface area contributed by atoms with Crippen LogP contribution in [0.3, 0.4) is 0 Å². The molecular formula is C18H28ClN3O3S. The van der Waals surface area contributed by atoms with Gasteiger partial charge >= 0.3 is 0 Å². The lowest BCUT2D eigenvalue weighted by atomic mass is 9.74. The number of sulfonamides is 1. The third kappa shape index (κ3) is 4.06. The summed E-state index contributed by atoms with van der Waals surface area (Å²) >= 11 is 0. The van der Waals surface area contributed by atoms with E-state index in [9.17, 15) is 13.2 Å². The molecule has 0 aromatic heterocycles. The molecule has 0 spiro atoms. The van der Waals surface area contributed by atoms with E-state index in [0.717, 1.165) is 37.8 Å². The van der Waals surface area contributed by atoms with Gasteiger partial charge in [0.05, 0.1) is 4.90 Å². The predicted molar refractivity (Wildman–Crippen MR) is 105 cm³/mol. The lowest BCUT2D eigenvalue weighted by molar-refractivity contribution is -0.117. The summed E-state index contributed by atoms with van der Waals surface area (Å²) < 4.78 is 28.6. The Labute approximate surface area is 162 Å². The number of anilines is 1. The maximum atomic E-state index is 12.9. The third-order valence-electron chi connectivity index (χ3n) is 5.69. The molecule has 0 bridgehead atoms. The molecular weight excluding hydrogens is 374 g/mol. The zero-order valence-corrected chi connectivity index (χ0v) is 16.7. The van der Waals surface area contributed by atoms with Crippen LogP contribution in [0.25, 0.3) is 0 Å². The van der Waals surface area contributed by atoms with Crippen LogP contribution in [0.2, 0.25) is 0 Å². The van der Waals surface area contributed by atoms with Gasteiger partial charge in [-0.15, -0.1) is 12.4 Å². The van der Waals surface area contributed by atoms with E-state index in [-0.39, 0.29) is 29.1 Å². The van der Waals surface area contributed by atoms with Gasteiger partial charge in [0.25, 0.3) is 0 Å². The number of nitrogens with zero attached hydrogens (tertiary/aromatic N) is 1. The number of rotatable bonds is 5. The fraction of sp³-hybridized carbons (Fsp3) is 0.611. The number of carbonyl (C=O) groups is 1. The third-order valence-corrected chi connectivity index (χ3v) is 7.26. The summed E-state index contributed by atoms with van der Waals surface area (Å²) in [6.07, 6.45) is 5.25. The van der Waals surface area contributed by atoms with Crippen LogP contribution in [-0.4, -0.2) is 33.0 Å². The molecule has 6 nitrogen and oxygen atoms in total. The zero-order valence-electron chi connectivity index (χ0n) is 15.1. The Bertz CT molecular complexity index is 739. The Morgan fingerprint density at radius 1 is 1.23 bits per heavy atom. The average Bonchev–Trinajstić information content (AvgIpc) is 3.03. The number of carbonyl (C=O) groups excluding carboxylic acids is 1. The molecule has 146 valence electrons. The molecule has 3 N–H and O–H groups in total. The number of nitrogens with two attached hydrogens (primary N) is 1. The van der Waals surface area contributed by atoms with Gasteiger partial charge in [0.2, 0.25) is 15.9 Å². The van der Waals surface area contributed by atoms with E-state index in [4.69, 9.17) is 5.73 Å². The molecule has 2 atom stereocenters. The van der Waals surface area contributed by atoms with E-state index in [1.807, 2.05) is 0 Å². The van der Waals surface area contributed by atoms with Crippen molar-refractivity contribution < 1.29 is 13.2 Å². The molecule has 1 saturated heterocycles. The summed E-state index contributed by atoms with van der Waals surface area (Å²) in [7, 11) is -3.65. The molecule has 1 amide bonds. The predicted octanol–water partition coefficient (Wildman–Crippen LogP) is 2.42. The highest BCUT2D eigenvalue weighted by molar-refractivity contribution is 7.89. The van der Waals surface area contributed by atoms with Crippen LogP contribution < -0.4 is 15.4 Å². The molecule has 26 heavy (non-hydrogen) atoms. The normalized spacial score (nSPS) is 26.6. The number of hydrogen-bond donors (Lipinski definition) is 2. The quantitative estimate of drug-likeness (QED) is 0.792. The van der Waals surface area contributed by atoms with Crippen molar-refractivity contribution in [3.63, 3.8) is 0 Å². The molecule has 2 fully saturated rings. The molecule has 1 aromatic carbocycles. The second-order valence-corrected chi connectivity index (χ2v) is 8.94. The standard InChI is InChI=1S/C18H27N3O3S.ClH/c1-14-5-2-3-11-18(14,13-19)20-25(23,24)16-9-7-15(8-10-16)21-12-4-6-17(21)22;/h7-10,14,20H,2-6,11-13,19H2,1H3;1H. The van der Waals surface area contributed by atoms with Crippen molar-refractivity contribution in [2.45, 2.75) is 55.9 Å². The monoisotopic (exact) mass is 401 g/mol. The summed E-state index contributed by atoms with van der Waals surface area (Å²) in [6.45, 7) is 3.06. The van der Waals surface area contributed by atoms with E-state index in [0.29, 0.717) is 19.5 Å². The molecule has 2 aliphatic rings. The Morgan fingerprint density at radius 2 is 1.92 bits per heavy atom. The van der Waals surface area contributed by atoms with Crippen molar-refractivity contribution in [1.82, 2.24) is 4.72 Å². The topological polar surface area (TPSA) is 92.5 Å². The van der Waals surface area contributed by atoms with Gasteiger partial charge in [0, 0.05) is 30.7 Å². The van der Waals surface area contributed by atoms with Gasteiger partial charge in [-0.05, 0) is 49.4 Å². The number of hydrogen-bond acceptors (Lipinski definition) is 4. The maximum absolute atomic E-state index is 12.9. The van der Waals surface area contributed by atoms with Crippen LogP contribution in [0, 0.1) is 5.92 Å². The van der Waals surface area contributed by atoms with Gasteiger partial charge in [-0.1, -0.05) is 19.8 Å². The maximum Gasteiger partial charge on any atom is 0.241 e. The van der Waals surface area contributed by atoms with Gasteiger partial charge in [-0.3, -0.25) is 4.79 Å². The first-order chi connectivity index (χ1) is 11.9. The number of halogens is 1. The minimum atomic E-state index is -3.65. The first kappa shape index (κ1) is 21.2. The van der Waals surface area contributed by atoms with Gasteiger partial charge in [-0.2, -0.15) is 0 Å². The molecule has 2 unspecified atom stereocenters. The average molecular weight is 402 g/mol. The summed E-state index contributed by atoms with van der Waals surface area (Å²) in [5, 5.41) is 0. The second-order valence-electron chi connectivity index (χ2n) is 7.26. The Hall–Kier alpha value is -1.15.